The summed E-state index contributed by atoms with van der Waals surface area (Å²) in [5.41, 5.74) is 6.17. The minimum absolute atomic E-state index is 0.0762. The molecule has 2 aliphatic rings. The van der Waals surface area contributed by atoms with Gasteiger partial charge in [-0.15, -0.1) is 0 Å². The van der Waals surface area contributed by atoms with Gasteiger partial charge in [0.15, 0.2) is 11.6 Å². The number of carbonyl (C=O) groups excluding carboxylic acids is 4. The molecule has 2 N–H and O–H groups in total. The predicted molar refractivity (Wildman–Crippen MR) is 162 cm³/mol. The van der Waals surface area contributed by atoms with Crippen LogP contribution in [-0.4, -0.2) is 45.2 Å². The van der Waals surface area contributed by atoms with E-state index in [1.807, 2.05) is 36.4 Å². The fraction of sp³-hybridized carbons (Fsp3) is 0.0625. The Morgan fingerprint density at radius 2 is 0.952 bits per heavy atom. The number of ketones is 2. The number of rotatable bonds is 5. The van der Waals surface area contributed by atoms with Gasteiger partial charge in [0.05, 0.1) is 31.9 Å². The van der Waals surface area contributed by atoms with E-state index in [0.29, 0.717) is 53.6 Å². The van der Waals surface area contributed by atoms with Crippen LogP contribution in [0.1, 0.15) is 52.6 Å². The molecular weight excluding hydrogens is 569 g/mol. The first kappa shape index (κ1) is 24.7. The molecule has 10 heteroatoms. The molecule has 2 amide bonds. The van der Waals surface area contributed by atoms with Gasteiger partial charge in [-0.2, -0.15) is 8.75 Å². The first-order valence-corrected chi connectivity index (χ1v) is 14.8. The minimum Gasteiger partial charge on any atom is -0.350 e. The van der Waals surface area contributed by atoms with Crippen LogP contribution < -0.4 is 10.6 Å². The van der Waals surface area contributed by atoms with E-state index >= 15 is 0 Å². The average Bonchev–Trinajstić information content (AvgIpc) is 3.67. The molecule has 8 rings (SSSR count). The molecule has 6 aromatic rings. The molecule has 0 aliphatic heterocycles. The second kappa shape index (κ2) is 9.23. The van der Waals surface area contributed by atoms with Gasteiger partial charge in [-0.05, 0) is 47.3 Å². The zero-order valence-corrected chi connectivity index (χ0v) is 23.3. The molecule has 2 heterocycles. The SMILES string of the molecule is O=C(NCCNC(=O)c1ccc2c3c(nsc13)-c1ccccc1C2=O)c1ccc2c3c(nsc13)-c1ccccc1C2=O. The third-order valence-corrected chi connectivity index (χ3v) is 9.53. The maximum atomic E-state index is 13.1. The van der Waals surface area contributed by atoms with Gasteiger partial charge in [-0.3, -0.25) is 19.2 Å². The first-order chi connectivity index (χ1) is 20.5. The van der Waals surface area contributed by atoms with Crippen LogP contribution in [0, 0.1) is 0 Å². The van der Waals surface area contributed by atoms with E-state index in [2.05, 4.69) is 19.4 Å². The highest BCUT2D eigenvalue weighted by Crippen LogP contribution is 2.43. The molecule has 0 unspecified atom stereocenters. The van der Waals surface area contributed by atoms with E-state index in [1.165, 1.54) is 23.1 Å². The van der Waals surface area contributed by atoms with Crippen LogP contribution in [0.4, 0.5) is 0 Å². The van der Waals surface area contributed by atoms with Gasteiger partial charge in [0.1, 0.15) is 0 Å². The van der Waals surface area contributed by atoms with Crippen molar-refractivity contribution in [2.45, 2.75) is 0 Å². The van der Waals surface area contributed by atoms with Crippen LogP contribution in [-0.2, 0) is 0 Å². The Kier molecular flexibility index (Phi) is 5.43. The van der Waals surface area contributed by atoms with Gasteiger partial charge in [-0.1, -0.05) is 48.5 Å². The maximum absolute atomic E-state index is 13.1. The van der Waals surface area contributed by atoms with E-state index < -0.39 is 0 Å². The number of hydrogen-bond donors (Lipinski definition) is 2. The Balaban J connectivity index is 0.992. The highest BCUT2D eigenvalue weighted by atomic mass is 32.1. The third kappa shape index (κ3) is 3.45. The lowest BCUT2D eigenvalue weighted by Gasteiger charge is -2.16. The molecule has 2 aromatic heterocycles. The van der Waals surface area contributed by atoms with Crippen molar-refractivity contribution in [3.8, 4) is 22.5 Å². The molecule has 42 heavy (non-hydrogen) atoms. The monoisotopic (exact) mass is 586 g/mol. The average molecular weight is 587 g/mol. The quantitative estimate of drug-likeness (QED) is 0.258. The molecule has 0 bridgehead atoms. The number of benzene rings is 4. The van der Waals surface area contributed by atoms with Crippen molar-refractivity contribution < 1.29 is 19.2 Å². The summed E-state index contributed by atoms with van der Waals surface area (Å²) < 4.78 is 10.5. The van der Waals surface area contributed by atoms with E-state index in [4.69, 9.17) is 0 Å². The molecule has 202 valence electrons. The molecular formula is C32H18N4O4S2. The number of amides is 2. The summed E-state index contributed by atoms with van der Waals surface area (Å²) in [6.45, 7) is 0.393. The topological polar surface area (TPSA) is 118 Å². The largest absolute Gasteiger partial charge is 0.350 e. The number of nitrogens with one attached hydrogen (secondary N) is 2. The summed E-state index contributed by atoms with van der Waals surface area (Å²) in [7, 11) is 0. The minimum atomic E-state index is -0.310. The van der Waals surface area contributed by atoms with Crippen LogP contribution >= 0.6 is 23.1 Å². The lowest BCUT2D eigenvalue weighted by Crippen LogP contribution is -2.34. The zero-order valence-electron chi connectivity index (χ0n) is 21.7. The van der Waals surface area contributed by atoms with E-state index in [-0.39, 0.29) is 36.5 Å². The smallest absolute Gasteiger partial charge is 0.252 e. The first-order valence-electron chi connectivity index (χ1n) is 13.2. The lowest BCUT2D eigenvalue weighted by atomic mass is 9.87. The second-order valence-electron chi connectivity index (χ2n) is 10.1. The van der Waals surface area contributed by atoms with Crippen molar-refractivity contribution >= 4 is 66.6 Å². The third-order valence-electron chi connectivity index (χ3n) is 7.77. The van der Waals surface area contributed by atoms with Gasteiger partial charge in [0.25, 0.3) is 11.8 Å². The van der Waals surface area contributed by atoms with Crippen LogP contribution in [0.15, 0.2) is 72.8 Å². The molecule has 4 aromatic carbocycles. The van der Waals surface area contributed by atoms with Gasteiger partial charge in [0, 0.05) is 57.2 Å². The van der Waals surface area contributed by atoms with Crippen molar-refractivity contribution in [2.75, 3.05) is 13.1 Å². The molecule has 8 nitrogen and oxygen atoms in total. The number of nitrogens with zero attached hydrogens (tertiary/aromatic N) is 2. The summed E-state index contributed by atoms with van der Waals surface area (Å²) in [4.78, 5) is 52.4. The molecule has 0 radical (unpaired) electrons. The molecule has 0 spiro atoms. The van der Waals surface area contributed by atoms with E-state index in [1.54, 1.807) is 36.4 Å². The van der Waals surface area contributed by atoms with Gasteiger partial charge in [-0.25, -0.2) is 0 Å². The molecule has 0 saturated heterocycles. The summed E-state index contributed by atoms with van der Waals surface area (Å²) in [6, 6.07) is 21.4. The standard InChI is InChI=1S/C32H18N4O4S2/c37-27-17-7-3-1-5-15(17)25-23-19(27)9-11-21(29(23)41-35-25)31(39)33-13-14-34-32(40)22-12-10-20-24-26(36-42-30(22)24)16-6-2-4-8-18(16)28(20)38/h1-12H,13-14H2,(H,33,39)(H,34,40). The fourth-order valence-corrected chi connectivity index (χ4v) is 7.67. The predicted octanol–water partition coefficient (Wildman–Crippen LogP) is 5.49. The Hall–Kier alpha value is -5.06. The second-order valence-corrected chi connectivity index (χ2v) is 11.6. The highest BCUT2D eigenvalue weighted by Gasteiger charge is 2.31. The van der Waals surface area contributed by atoms with Crippen molar-refractivity contribution in [1.29, 1.82) is 0 Å². The molecule has 0 fully saturated rings. The van der Waals surface area contributed by atoms with E-state index in [0.717, 1.165) is 22.5 Å². The van der Waals surface area contributed by atoms with Gasteiger partial charge >= 0.3 is 0 Å². The normalized spacial score (nSPS) is 12.8. The number of hydrogen-bond acceptors (Lipinski definition) is 8. The highest BCUT2D eigenvalue weighted by molar-refractivity contribution is 7.14. The molecule has 0 saturated carbocycles. The summed E-state index contributed by atoms with van der Waals surface area (Å²) in [5, 5.41) is 7.14. The van der Waals surface area contributed by atoms with Gasteiger partial charge in [0.2, 0.25) is 0 Å². The van der Waals surface area contributed by atoms with Gasteiger partial charge < -0.3 is 10.6 Å². The zero-order chi connectivity index (χ0) is 28.5. The lowest BCUT2D eigenvalue weighted by molar-refractivity contribution is 0.0929. The van der Waals surface area contributed by atoms with Crippen molar-refractivity contribution in [3.05, 3.63) is 106 Å². The van der Waals surface area contributed by atoms with Crippen LogP contribution in [0.2, 0.25) is 0 Å². The number of carbonyl (C=O) groups is 4. The van der Waals surface area contributed by atoms with Crippen LogP contribution in [0.3, 0.4) is 0 Å². The summed E-state index contributed by atoms with van der Waals surface area (Å²) in [6.07, 6.45) is 0. The van der Waals surface area contributed by atoms with E-state index in [9.17, 15) is 19.2 Å². The number of aromatic nitrogens is 2. The number of fused-ring (bicyclic) bond motifs is 4. The van der Waals surface area contributed by atoms with Crippen LogP contribution in [0.25, 0.3) is 42.7 Å². The fourth-order valence-electron chi connectivity index (χ4n) is 5.81. The molecule has 0 atom stereocenters. The maximum Gasteiger partial charge on any atom is 0.252 e. The Morgan fingerprint density at radius 1 is 0.548 bits per heavy atom. The van der Waals surface area contributed by atoms with Crippen molar-refractivity contribution in [2.24, 2.45) is 0 Å². The van der Waals surface area contributed by atoms with Crippen molar-refractivity contribution in [3.63, 3.8) is 0 Å². The Morgan fingerprint density at radius 3 is 1.38 bits per heavy atom. The van der Waals surface area contributed by atoms with Crippen molar-refractivity contribution in [1.82, 2.24) is 19.4 Å². The summed E-state index contributed by atoms with van der Waals surface area (Å²) in [5.74, 6) is -0.772. The summed E-state index contributed by atoms with van der Waals surface area (Å²) >= 11 is 2.40. The Labute approximate surface area is 246 Å². The van der Waals surface area contributed by atoms with Crippen LogP contribution in [0.5, 0.6) is 0 Å². The Bertz CT molecular complexity index is 2040. The molecule has 2 aliphatic carbocycles.